The first kappa shape index (κ1) is 15.5. The van der Waals surface area contributed by atoms with Crippen molar-refractivity contribution in [1.29, 1.82) is 0 Å². The molecule has 0 aliphatic rings. The minimum atomic E-state index is 0.381. The van der Waals surface area contributed by atoms with Gasteiger partial charge >= 0.3 is 0 Å². The van der Waals surface area contributed by atoms with Crippen molar-refractivity contribution in [2.24, 2.45) is 10.7 Å². The number of nitrogens with zero attached hydrogens (tertiary/aromatic N) is 1. The van der Waals surface area contributed by atoms with Gasteiger partial charge in [-0.05, 0) is 57.2 Å². The molecule has 3 heteroatoms. The predicted molar refractivity (Wildman–Crippen MR) is 83.7 cm³/mol. The number of rotatable bonds is 5. The standard InChI is InChI=1S/C16H27N3/c1-6-14(5)19-16(17)18-8-7-15-12(3)9-11(2)10-13(15)4/h9-10,14H,6-8H2,1-5H3,(H3,17,18,19). The Labute approximate surface area is 117 Å². The van der Waals surface area contributed by atoms with E-state index in [4.69, 9.17) is 5.73 Å². The van der Waals surface area contributed by atoms with Crippen LogP contribution >= 0.6 is 0 Å². The lowest BCUT2D eigenvalue weighted by molar-refractivity contribution is 0.636. The zero-order valence-corrected chi connectivity index (χ0v) is 12.9. The Bertz CT molecular complexity index is 426. The van der Waals surface area contributed by atoms with Gasteiger partial charge in [0.1, 0.15) is 0 Å². The average molecular weight is 261 g/mol. The van der Waals surface area contributed by atoms with Gasteiger partial charge in [0.15, 0.2) is 5.96 Å². The van der Waals surface area contributed by atoms with Crippen molar-refractivity contribution < 1.29 is 0 Å². The second-order valence-electron chi connectivity index (χ2n) is 5.35. The first-order valence-corrected chi connectivity index (χ1v) is 7.07. The number of guanidine groups is 1. The summed E-state index contributed by atoms with van der Waals surface area (Å²) in [6, 6.07) is 4.84. The minimum Gasteiger partial charge on any atom is -0.370 e. The van der Waals surface area contributed by atoms with Crippen molar-refractivity contribution in [3.05, 3.63) is 34.4 Å². The van der Waals surface area contributed by atoms with Gasteiger partial charge in [-0.2, -0.15) is 0 Å². The van der Waals surface area contributed by atoms with Crippen LogP contribution in [-0.2, 0) is 6.42 Å². The lowest BCUT2D eigenvalue weighted by atomic mass is 9.97. The monoisotopic (exact) mass is 261 g/mol. The summed E-state index contributed by atoms with van der Waals surface area (Å²) < 4.78 is 0. The lowest BCUT2D eigenvalue weighted by Gasteiger charge is -2.13. The van der Waals surface area contributed by atoms with E-state index in [1.54, 1.807) is 0 Å². The molecule has 1 atom stereocenters. The summed E-state index contributed by atoms with van der Waals surface area (Å²) in [6.07, 6.45) is 1.99. The van der Waals surface area contributed by atoms with Gasteiger partial charge in [0.25, 0.3) is 0 Å². The maximum Gasteiger partial charge on any atom is 0.188 e. The van der Waals surface area contributed by atoms with Gasteiger partial charge in [0.2, 0.25) is 0 Å². The quantitative estimate of drug-likeness (QED) is 0.632. The number of aliphatic imine (C=N–C) groups is 1. The maximum atomic E-state index is 5.85. The molecule has 3 N–H and O–H groups in total. The summed E-state index contributed by atoms with van der Waals surface area (Å²) in [5, 5.41) is 3.18. The molecular weight excluding hydrogens is 234 g/mol. The van der Waals surface area contributed by atoms with Gasteiger partial charge in [-0.15, -0.1) is 0 Å². The van der Waals surface area contributed by atoms with Crippen molar-refractivity contribution in [3.63, 3.8) is 0 Å². The zero-order valence-electron chi connectivity index (χ0n) is 12.9. The number of hydrogen-bond acceptors (Lipinski definition) is 1. The Balaban J connectivity index is 2.60. The number of nitrogens with two attached hydrogens (primary N) is 1. The average Bonchev–Trinajstić information content (AvgIpc) is 2.32. The Morgan fingerprint density at radius 1 is 1.26 bits per heavy atom. The Hall–Kier alpha value is -1.51. The van der Waals surface area contributed by atoms with Crippen molar-refractivity contribution in [3.8, 4) is 0 Å². The van der Waals surface area contributed by atoms with Crippen molar-refractivity contribution in [2.45, 2.75) is 53.5 Å². The Morgan fingerprint density at radius 3 is 2.37 bits per heavy atom. The molecule has 1 unspecified atom stereocenters. The molecule has 0 amide bonds. The number of nitrogens with one attached hydrogen (secondary N) is 1. The van der Waals surface area contributed by atoms with Crippen LogP contribution < -0.4 is 11.1 Å². The Morgan fingerprint density at radius 2 is 1.84 bits per heavy atom. The fourth-order valence-corrected chi connectivity index (χ4v) is 2.29. The molecule has 19 heavy (non-hydrogen) atoms. The predicted octanol–water partition coefficient (Wildman–Crippen LogP) is 2.86. The lowest BCUT2D eigenvalue weighted by Crippen LogP contribution is -2.38. The number of benzene rings is 1. The van der Waals surface area contributed by atoms with Gasteiger partial charge in [-0.3, -0.25) is 4.99 Å². The molecule has 0 bridgehead atoms. The smallest absolute Gasteiger partial charge is 0.188 e. The minimum absolute atomic E-state index is 0.381. The first-order chi connectivity index (χ1) is 8.93. The summed E-state index contributed by atoms with van der Waals surface area (Å²) >= 11 is 0. The third kappa shape index (κ3) is 4.93. The SMILES string of the molecule is CCC(C)NC(N)=NCCc1c(C)cc(C)cc1C. The van der Waals surface area contributed by atoms with Crippen LogP contribution in [-0.4, -0.2) is 18.5 Å². The van der Waals surface area contributed by atoms with Gasteiger partial charge < -0.3 is 11.1 Å². The highest BCUT2D eigenvalue weighted by Crippen LogP contribution is 2.16. The molecule has 0 saturated heterocycles. The highest BCUT2D eigenvalue weighted by atomic mass is 15.1. The topological polar surface area (TPSA) is 50.4 Å². The normalized spacial score (nSPS) is 13.4. The summed E-state index contributed by atoms with van der Waals surface area (Å²) in [4.78, 5) is 4.40. The second kappa shape index (κ2) is 7.17. The highest BCUT2D eigenvalue weighted by Gasteiger charge is 2.04. The molecule has 3 nitrogen and oxygen atoms in total. The third-order valence-corrected chi connectivity index (χ3v) is 3.49. The molecule has 0 aliphatic heterocycles. The molecule has 0 spiro atoms. The molecule has 0 aromatic heterocycles. The molecule has 1 aromatic rings. The van der Waals surface area contributed by atoms with E-state index in [2.05, 4.69) is 57.1 Å². The van der Waals surface area contributed by atoms with Crippen LogP contribution in [0.1, 0.15) is 42.5 Å². The fourth-order valence-electron chi connectivity index (χ4n) is 2.29. The van der Waals surface area contributed by atoms with Crippen LogP contribution in [0.15, 0.2) is 17.1 Å². The van der Waals surface area contributed by atoms with Crippen LogP contribution in [0.2, 0.25) is 0 Å². The van der Waals surface area contributed by atoms with E-state index in [0.29, 0.717) is 12.0 Å². The van der Waals surface area contributed by atoms with E-state index in [9.17, 15) is 0 Å². The van der Waals surface area contributed by atoms with Crippen molar-refractivity contribution in [1.82, 2.24) is 5.32 Å². The van der Waals surface area contributed by atoms with Crippen molar-refractivity contribution in [2.75, 3.05) is 6.54 Å². The van der Waals surface area contributed by atoms with Crippen LogP contribution in [0.3, 0.4) is 0 Å². The number of aryl methyl sites for hydroxylation is 3. The summed E-state index contributed by atoms with van der Waals surface area (Å²) in [6.45, 7) is 11.4. The summed E-state index contributed by atoms with van der Waals surface area (Å²) in [5.41, 5.74) is 11.3. The summed E-state index contributed by atoms with van der Waals surface area (Å²) in [7, 11) is 0. The van der Waals surface area contributed by atoms with E-state index >= 15 is 0 Å². The molecular formula is C16H27N3. The molecule has 0 fully saturated rings. The van der Waals surface area contributed by atoms with E-state index in [1.807, 2.05) is 0 Å². The number of hydrogen-bond donors (Lipinski definition) is 2. The maximum absolute atomic E-state index is 5.85. The van der Waals surface area contributed by atoms with E-state index in [0.717, 1.165) is 19.4 Å². The third-order valence-electron chi connectivity index (χ3n) is 3.49. The molecule has 0 saturated carbocycles. The molecule has 1 aromatic carbocycles. The molecule has 0 heterocycles. The molecule has 0 aliphatic carbocycles. The van der Waals surface area contributed by atoms with Crippen molar-refractivity contribution >= 4 is 5.96 Å². The van der Waals surface area contributed by atoms with Crippen LogP contribution in [0.5, 0.6) is 0 Å². The van der Waals surface area contributed by atoms with E-state index in [-0.39, 0.29) is 0 Å². The van der Waals surface area contributed by atoms with Crippen LogP contribution in [0.4, 0.5) is 0 Å². The highest BCUT2D eigenvalue weighted by molar-refractivity contribution is 5.78. The van der Waals surface area contributed by atoms with Crippen LogP contribution in [0, 0.1) is 20.8 Å². The Kier molecular flexibility index (Phi) is 5.87. The summed E-state index contributed by atoms with van der Waals surface area (Å²) in [5.74, 6) is 0.553. The second-order valence-corrected chi connectivity index (χ2v) is 5.35. The van der Waals surface area contributed by atoms with E-state index < -0.39 is 0 Å². The van der Waals surface area contributed by atoms with E-state index in [1.165, 1.54) is 22.3 Å². The first-order valence-electron chi connectivity index (χ1n) is 7.07. The van der Waals surface area contributed by atoms with Gasteiger partial charge in [-0.1, -0.05) is 24.6 Å². The molecule has 0 radical (unpaired) electrons. The molecule has 106 valence electrons. The van der Waals surface area contributed by atoms with Gasteiger partial charge in [-0.25, -0.2) is 0 Å². The fraction of sp³-hybridized carbons (Fsp3) is 0.562. The zero-order chi connectivity index (χ0) is 14.4. The van der Waals surface area contributed by atoms with Gasteiger partial charge in [0, 0.05) is 12.6 Å². The molecule has 1 rings (SSSR count). The largest absolute Gasteiger partial charge is 0.370 e. The van der Waals surface area contributed by atoms with Crippen LogP contribution in [0.25, 0.3) is 0 Å². The van der Waals surface area contributed by atoms with Gasteiger partial charge in [0.05, 0.1) is 0 Å².